The molecule has 3 unspecified atom stereocenters. The van der Waals surface area contributed by atoms with E-state index in [9.17, 15) is 29.1 Å². The summed E-state index contributed by atoms with van der Waals surface area (Å²) in [4.78, 5) is 68.9. The summed E-state index contributed by atoms with van der Waals surface area (Å²) in [5, 5.41) is 18.0. The van der Waals surface area contributed by atoms with Gasteiger partial charge >= 0.3 is 18.0 Å². The first-order valence-corrected chi connectivity index (χ1v) is 14.6. The number of rotatable bonds is 13. The lowest BCUT2D eigenvalue weighted by molar-refractivity contribution is -0.156. The van der Waals surface area contributed by atoms with Gasteiger partial charge in [-0.2, -0.15) is 0 Å². The highest BCUT2D eigenvalue weighted by Gasteiger charge is 2.33. The van der Waals surface area contributed by atoms with Gasteiger partial charge in [0.15, 0.2) is 0 Å². The van der Waals surface area contributed by atoms with Crippen LogP contribution in [-0.2, 0) is 41.7 Å². The number of fused-ring (bicyclic) bond motifs is 1. The number of nitrogens with zero attached hydrogens (tertiary/aromatic N) is 1. The third kappa shape index (κ3) is 11.2. The lowest BCUT2D eigenvalue weighted by atomic mass is 10.0. The third-order valence-corrected chi connectivity index (χ3v) is 6.54. The zero-order chi connectivity index (χ0) is 33.1. The van der Waals surface area contributed by atoms with Crippen LogP contribution in [0.1, 0.15) is 52.3 Å². The van der Waals surface area contributed by atoms with E-state index < -0.39 is 65.9 Å². The number of nitrogens with one attached hydrogen (secondary N) is 3. The predicted molar refractivity (Wildman–Crippen MR) is 166 cm³/mol. The van der Waals surface area contributed by atoms with Crippen LogP contribution in [0.25, 0.3) is 10.9 Å². The second-order valence-corrected chi connectivity index (χ2v) is 11.9. The highest BCUT2D eigenvalue weighted by Crippen LogP contribution is 2.14. The van der Waals surface area contributed by atoms with Gasteiger partial charge in [-0.3, -0.25) is 19.4 Å². The van der Waals surface area contributed by atoms with Gasteiger partial charge in [0, 0.05) is 17.5 Å². The van der Waals surface area contributed by atoms with E-state index in [1.165, 1.54) is 0 Å². The van der Waals surface area contributed by atoms with Crippen LogP contribution in [0, 0.1) is 5.92 Å². The minimum Gasteiger partial charge on any atom is -0.480 e. The second-order valence-electron chi connectivity index (χ2n) is 11.9. The summed E-state index contributed by atoms with van der Waals surface area (Å²) in [7, 11) is 0. The van der Waals surface area contributed by atoms with Gasteiger partial charge < -0.3 is 30.5 Å². The number of hydrogen-bond donors (Lipinski definition) is 4. The van der Waals surface area contributed by atoms with Gasteiger partial charge in [-0.1, -0.05) is 68.4 Å². The molecule has 1 heterocycles. The molecule has 0 saturated carbocycles. The van der Waals surface area contributed by atoms with Crippen LogP contribution in [0.5, 0.6) is 0 Å². The van der Waals surface area contributed by atoms with E-state index in [1.54, 1.807) is 71.0 Å². The molecule has 0 fully saturated rings. The van der Waals surface area contributed by atoms with E-state index in [4.69, 9.17) is 9.47 Å². The van der Waals surface area contributed by atoms with E-state index in [2.05, 4.69) is 20.9 Å². The van der Waals surface area contributed by atoms with E-state index >= 15 is 0 Å². The van der Waals surface area contributed by atoms with Crippen LogP contribution in [0.2, 0.25) is 0 Å². The van der Waals surface area contributed by atoms with E-state index in [1.807, 2.05) is 30.3 Å². The molecule has 0 spiro atoms. The molecule has 3 aromatic rings. The Labute approximate surface area is 261 Å². The van der Waals surface area contributed by atoms with Crippen molar-refractivity contribution in [2.24, 2.45) is 5.92 Å². The number of para-hydroxylation sites is 1. The van der Waals surface area contributed by atoms with Gasteiger partial charge in [0.1, 0.15) is 30.3 Å². The minimum atomic E-state index is -1.48. The van der Waals surface area contributed by atoms with E-state index in [0.29, 0.717) is 16.8 Å². The number of aromatic nitrogens is 1. The first kappa shape index (κ1) is 34.5. The molecule has 0 aliphatic carbocycles. The molecular weight excluding hydrogens is 580 g/mol. The summed E-state index contributed by atoms with van der Waals surface area (Å²) in [6, 6.07) is 15.7. The van der Waals surface area contributed by atoms with Crippen LogP contribution >= 0.6 is 0 Å². The molecule has 12 nitrogen and oxygen atoms in total. The fraction of sp³-hybridized carbons (Fsp3) is 0.394. The normalized spacial score (nSPS) is 13.3. The van der Waals surface area contributed by atoms with Crippen molar-refractivity contribution in [2.75, 3.05) is 0 Å². The summed E-state index contributed by atoms with van der Waals surface area (Å²) in [5.41, 5.74) is 0.957. The fourth-order valence-electron chi connectivity index (χ4n) is 4.35. The number of benzene rings is 2. The maximum Gasteiger partial charge on any atom is 0.408 e. The molecule has 0 bridgehead atoms. The van der Waals surface area contributed by atoms with Gasteiger partial charge in [-0.15, -0.1) is 0 Å². The molecule has 3 atom stereocenters. The zero-order valence-electron chi connectivity index (χ0n) is 26.0. The Morgan fingerprint density at radius 3 is 2.11 bits per heavy atom. The number of esters is 1. The molecule has 4 N–H and O–H groups in total. The van der Waals surface area contributed by atoms with E-state index in [-0.39, 0.29) is 13.0 Å². The highest BCUT2D eigenvalue weighted by molar-refractivity contribution is 5.94. The van der Waals surface area contributed by atoms with Gasteiger partial charge in [-0.25, -0.2) is 9.59 Å². The van der Waals surface area contributed by atoms with Crippen molar-refractivity contribution in [1.29, 1.82) is 0 Å². The maximum absolute atomic E-state index is 13.6. The number of ether oxygens (including phenoxy) is 2. The van der Waals surface area contributed by atoms with Gasteiger partial charge in [0.2, 0.25) is 11.8 Å². The van der Waals surface area contributed by atoms with Crippen LogP contribution in [0.3, 0.4) is 0 Å². The summed E-state index contributed by atoms with van der Waals surface area (Å²) < 4.78 is 10.6. The van der Waals surface area contributed by atoms with Crippen LogP contribution in [-0.4, -0.2) is 63.7 Å². The summed E-state index contributed by atoms with van der Waals surface area (Å²) in [6.07, 6.45) is -1.63. The number of pyridine rings is 1. The molecular formula is C33H40N4O8. The minimum absolute atomic E-state index is 0.0854. The van der Waals surface area contributed by atoms with Crippen molar-refractivity contribution in [1.82, 2.24) is 20.9 Å². The van der Waals surface area contributed by atoms with Crippen molar-refractivity contribution in [3.05, 3.63) is 78.0 Å². The van der Waals surface area contributed by atoms with Gasteiger partial charge in [-0.05, 0) is 44.4 Å². The number of amides is 3. The smallest absolute Gasteiger partial charge is 0.408 e. The van der Waals surface area contributed by atoms with Gasteiger partial charge in [0.25, 0.3) is 0 Å². The molecule has 240 valence electrons. The Morgan fingerprint density at radius 2 is 1.47 bits per heavy atom. The average molecular weight is 621 g/mol. The molecule has 45 heavy (non-hydrogen) atoms. The molecule has 12 heteroatoms. The van der Waals surface area contributed by atoms with Crippen molar-refractivity contribution in [3.63, 3.8) is 0 Å². The number of carbonyl (C=O) groups is 5. The molecule has 2 aromatic carbocycles. The standard InChI is InChI=1S/C33H40N4O8/c1-20(2)28(31(41)42)37-30(40)25(17-23-16-15-22-13-9-10-14-24(22)34-23)35-29(39)26(18-27(38)45-33(3,4)5)36-32(43)44-19-21-11-7-6-8-12-21/h6-16,20,25-26,28H,17-19H2,1-5H3,(H,35,39)(H,36,43)(H,37,40)(H,41,42). The molecule has 0 aliphatic rings. The monoisotopic (exact) mass is 620 g/mol. The fourth-order valence-corrected chi connectivity index (χ4v) is 4.35. The zero-order valence-corrected chi connectivity index (χ0v) is 26.0. The molecule has 1 aromatic heterocycles. The Morgan fingerprint density at radius 1 is 0.822 bits per heavy atom. The van der Waals surface area contributed by atoms with Crippen molar-refractivity contribution in [3.8, 4) is 0 Å². The number of alkyl carbamates (subject to hydrolysis) is 1. The van der Waals surface area contributed by atoms with Crippen LogP contribution in [0.15, 0.2) is 66.7 Å². The molecule has 0 aliphatic heterocycles. The summed E-state index contributed by atoms with van der Waals surface area (Å²) in [6.45, 7) is 8.17. The van der Waals surface area contributed by atoms with Crippen molar-refractivity contribution < 1.29 is 38.6 Å². The second kappa shape index (κ2) is 15.6. The Hall–Kier alpha value is -5.00. The molecule has 0 radical (unpaired) electrons. The molecule has 0 saturated heterocycles. The number of hydrogen-bond acceptors (Lipinski definition) is 8. The van der Waals surface area contributed by atoms with Crippen molar-refractivity contribution >= 4 is 40.7 Å². The Balaban J connectivity index is 1.85. The number of aliphatic carboxylic acids is 1. The van der Waals surface area contributed by atoms with Crippen LogP contribution in [0.4, 0.5) is 4.79 Å². The number of carboxylic acids is 1. The number of carboxylic acid groups (broad SMARTS) is 1. The van der Waals surface area contributed by atoms with Crippen LogP contribution < -0.4 is 16.0 Å². The average Bonchev–Trinajstić information content (AvgIpc) is 2.97. The predicted octanol–water partition coefficient (Wildman–Crippen LogP) is 3.51. The first-order chi connectivity index (χ1) is 21.2. The first-order valence-electron chi connectivity index (χ1n) is 14.6. The largest absolute Gasteiger partial charge is 0.480 e. The highest BCUT2D eigenvalue weighted by atomic mass is 16.6. The molecule has 3 amide bonds. The number of carbonyl (C=O) groups excluding carboxylic acids is 4. The van der Waals surface area contributed by atoms with E-state index in [0.717, 1.165) is 5.39 Å². The summed E-state index contributed by atoms with van der Waals surface area (Å²) in [5.74, 6) is -4.12. The van der Waals surface area contributed by atoms with Crippen molar-refractivity contribution in [2.45, 2.75) is 77.8 Å². The SMILES string of the molecule is CC(C)C(NC(=O)C(Cc1ccc2ccccc2n1)NC(=O)C(CC(=O)OC(C)(C)C)NC(=O)OCc1ccccc1)C(=O)O. The third-order valence-electron chi connectivity index (χ3n) is 6.54. The Kier molecular flexibility index (Phi) is 12.0. The topological polar surface area (TPSA) is 173 Å². The quantitative estimate of drug-likeness (QED) is 0.209. The maximum atomic E-state index is 13.6. The lowest BCUT2D eigenvalue weighted by Crippen LogP contribution is -2.57. The lowest BCUT2D eigenvalue weighted by Gasteiger charge is -2.26. The summed E-state index contributed by atoms with van der Waals surface area (Å²) >= 11 is 0. The molecule has 3 rings (SSSR count). The van der Waals surface area contributed by atoms with Gasteiger partial charge in [0.05, 0.1) is 11.9 Å². The Bertz CT molecular complexity index is 1500.